The lowest BCUT2D eigenvalue weighted by molar-refractivity contribution is 0.890. The average molecular weight is 190 g/mol. The van der Waals surface area contributed by atoms with Crippen LogP contribution in [0.15, 0.2) is 6.07 Å². The van der Waals surface area contributed by atoms with Gasteiger partial charge in [0.25, 0.3) is 0 Å². The highest BCUT2D eigenvalue weighted by molar-refractivity contribution is 7.17. The van der Waals surface area contributed by atoms with Crippen LogP contribution in [0.4, 0.5) is 5.69 Å². The maximum absolute atomic E-state index is 5.95. The molecule has 0 amide bonds. The molecule has 0 saturated heterocycles. The maximum Gasteiger partial charge on any atom is 0.116 e. The molecular formula is C8H12ClNS. The lowest BCUT2D eigenvalue weighted by Crippen LogP contribution is -1.84. The van der Waals surface area contributed by atoms with Crippen molar-refractivity contribution in [3.63, 3.8) is 0 Å². The molecule has 1 aromatic heterocycles. The summed E-state index contributed by atoms with van der Waals surface area (Å²) in [4.78, 5) is 1.33. The molecule has 0 aliphatic rings. The predicted octanol–water partition coefficient (Wildman–Crippen LogP) is 3.57. The maximum atomic E-state index is 5.95. The first kappa shape index (κ1) is 8.88. The Labute approximate surface area is 76.4 Å². The third-order valence-corrected chi connectivity index (χ3v) is 3.20. The van der Waals surface area contributed by atoms with Gasteiger partial charge in [-0.2, -0.15) is 0 Å². The molecule has 0 unspecified atom stereocenters. The monoisotopic (exact) mass is 189 g/mol. The second kappa shape index (κ2) is 3.46. The van der Waals surface area contributed by atoms with Gasteiger partial charge in [0, 0.05) is 11.9 Å². The molecule has 11 heavy (non-hydrogen) atoms. The van der Waals surface area contributed by atoms with Crippen LogP contribution in [0.5, 0.6) is 0 Å². The van der Waals surface area contributed by atoms with Gasteiger partial charge in [-0.3, -0.25) is 0 Å². The molecule has 0 saturated carbocycles. The normalized spacial score (nSPS) is 10.6. The lowest BCUT2D eigenvalue weighted by atomic mass is 10.2. The molecule has 0 aliphatic heterocycles. The summed E-state index contributed by atoms with van der Waals surface area (Å²) < 4.78 is 0.858. The largest absolute Gasteiger partial charge is 0.386 e. The third-order valence-electron chi connectivity index (χ3n) is 1.54. The Morgan fingerprint density at radius 1 is 1.55 bits per heavy atom. The Morgan fingerprint density at radius 3 is 2.45 bits per heavy atom. The van der Waals surface area contributed by atoms with Crippen molar-refractivity contribution in [1.29, 1.82) is 0 Å². The van der Waals surface area contributed by atoms with Gasteiger partial charge in [0.15, 0.2) is 0 Å². The van der Waals surface area contributed by atoms with Crippen molar-refractivity contribution < 1.29 is 0 Å². The zero-order valence-corrected chi connectivity index (χ0v) is 8.51. The number of halogens is 1. The van der Waals surface area contributed by atoms with Crippen LogP contribution >= 0.6 is 22.9 Å². The predicted molar refractivity (Wildman–Crippen MR) is 53.0 cm³/mol. The summed E-state index contributed by atoms with van der Waals surface area (Å²) in [5, 5.41) is 3.05. The first-order valence-electron chi connectivity index (χ1n) is 3.62. The molecule has 0 radical (unpaired) electrons. The number of rotatable bonds is 2. The van der Waals surface area contributed by atoms with E-state index in [1.165, 1.54) is 4.88 Å². The van der Waals surface area contributed by atoms with Crippen molar-refractivity contribution in [2.45, 2.75) is 19.8 Å². The minimum absolute atomic E-state index is 0.569. The standard InChI is InChI=1S/C8H12ClNS/c1-5(2)7-4-6(10-3)8(9)11-7/h4-5,10H,1-3H3. The summed E-state index contributed by atoms with van der Waals surface area (Å²) >= 11 is 7.60. The van der Waals surface area contributed by atoms with E-state index in [9.17, 15) is 0 Å². The summed E-state index contributed by atoms with van der Waals surface area (Å²) in [6.45, 7) is 4.34. The van der Waals surface area contributed by atoms with Crippen LogP contribution in [0.3, 0.4) is 0 Å². The minimum atomic E-state index is 0.569. The van der Waals surface area contributed by atoms with E-state index >= 15 is 0 Å². The molecule has 1 N–H and O–H groups in total. The first-order valence-corrected chi connectivity index (χ1v) is 4.81. The molecular weight excluding hydrogens is 178 g/mol. The Morgan fingerprint density at radius 2 is 2.18 bits per heavy atom. The number of thiophene rings is 1. The van der Waals surface area contributed by atoms with E-state index in [1.807, 2.05) is 7.05 Å². The molecule has 0 aliphatic carbocycles. The van der Waals surface area contributed by atoms with Crippen molar-refractivity contribution in [3.05, 3.63) is 15.3 Å². The SMILES string of the molecule is CNc1cc(C(C)C)sc1Cl. The summed E-state index contributed by atoms with van der Waals surface area (Å²) in [6, 6.07) is 2.11. The van der Waals surface area contributed by atoms with Crippen LogP contribution in [0.25, 0.3) is 0 Å². The topological polar surface area (TPSA) is 12.0 Å². The fourth-order valence-electron chi connectivity index (χ4n) is 0.842. The third kappa shape index (κ3) is 1.88. The Bertz CT molecular complexity index is 242. The summed E-state index contributed by atoms with van der Waals surface area (Å²) in [6.07, 6.45) is 0. The highest BCUT2D eigenvalue weighted by atomic mass is 35.5. The molecule has 1 aromatic rings. The number of hydrogen-bond acceptors (Lipinski definition) is 2. The van der Waals surface area contributed by atoms with Gasteiger partial charge in [-0.05, 0) is 12.0 Å². The van der Waals surface area contributed by atoms with Gasteiger partial charge >= 0.3 is 0 Å². The number of anilines is 1. The van der Waals surface area contributed by atoms with Crippen molar-refractivity contribution in [1.82, 2.24) is 0 Å². The Kier molecular flexibility index (Phi) is 2.79. The van der Waals surface area contributed by atoms with E-state index < -0.39 is 0 Å². The molecule has 0 spiro atoms. The Balaban J connectivity index is 2.95. The average Bonchev–Trinajstić information content (AvgIpc) is 2.31. The van der Waals surface area contributed by atoms with E-state index in [-0.39, 0.29) is 0 Å². The van der Waals surface area contributed by atoms with Crippen molar-refractivity contribution in [2.24, 2.45) is 0 Å². The molecule has 0 atom stereocenters. The van der Waals surface area contributed by atoms with Crippen LogP contribution in [-0.4, -0.2) is 7.05 Å². The highest BCUT2D eigenvalue weighted by Crippen LogP contribution is 2.35. The van der Waals surface area contributed by atoms with Crippen LogP contribution in [-0.2, 0) is 0 Å². The number of nitrogens with one attached hydrogen (secondary N) is 1. The number of hydrogen-bond donors (Lipinski definition) is 1. The first-order chi connectivity index (χ1) is 5.15. The van der Waals surface area contributed by atoms with E-state index in [1.54, 1.807) is 11.3 Å². The quantitative estimate of drug-likeness (QED) is 0.750. The highest BCUT2D eigenvalue weighted by Gasteiger charge is 2.07. The molecule has 0 fully saturated rings. The van der Waals surface area contributed by atoms with Gasteiger partial charge in [0.2, 0.25) is 0 Å². The second-order valence-electron chi connectivity index (χ2n) is 2.74. The summed E-state index contributed by atoms with van der Waals surface area (Å²) in [5.41, 5.74) is 1.04. The van der Waals surface area contributed by atoms with Crippen LogP contribution in [0, 0.1) is 0 Å². The van der Waals surface area contributed by atoms with Crippen LogP contribution < -0.4 is 5.32 Å². The van der Waals surface area contributed by atoms with Gasteiger partial charge in [-0.1, -0.05) is 25.4 Å². The molecule has 0 bridgehead atoms. The molecule has 62 valence electrons. The van der Waals surface area contributed by atoms with Crippen molar-refractivity contribution >= 4 is 28.6 Å². The molecule has 1 heterocycles. The lowest BCUT2D eigenvalue weighted by Gasteiger charge is -1.96. The smallest absolute Gasteiger partial charge is 0.116 e. The minimum Gasteiger partial charge on any atom is -0.386 e. The van der Waals surface area contributed by atoms with E-state index in [0.29, 0.717) is 5.92 Å². The summed E-state index contributed by atoms with van der Waals surface area (Å²) in [5.74, 6) is 0.569. The van der Waals surface area contributed by atoms with Gasteiger partial charge in [0.1, 0.15) is 4.34 Å². The van der Waals surface area contributed by atoms with Crippen molar-refractivity contribution in [2.75, 3.05) is 12.4 Å². The van der Waals surface area contributed by atoms with Gasteiger partial charge < -0.3 is 5.32 Å². The second-order valence-corrected chi connectivity index (χ2v) is 4.43. The zero-order valence-electron chi connectivity index (χ0n) is 6.94. The zero-order chi connectivity index (χ0) is 8.43. The van der Waals surface area contributed by atoms with Crippen LogP contribution in [0.2, 0.25) is 4.34 Å². The molecule has 1 rings (SSSR count). The van der Waals surface area contributed by atoms with Gasteiger partial charge in [0.05, 0.1) is 5.69 Å². The molecule has 0 aromatic carbocycles. The van der Waals surface area contributed by atoms with Gasteiger partial charge in [-0.25, -0.2) is 0 Å². The van der Waals surface area contributed by atoms with E-state index in [0.717, 1.165) is 10.0 Å². The van der Waals surface area contributed by atoms with Crippen LogP contribution in [0.1, 0.15) is 24.6 Å². The van der Waals surface area contributed by atoms with E-state index in [4.69, 9.17) is 11.6 Å². The van der Waals surface area contributed by atoms with E-state index in [2.05, 4.69) is 25.2 Å². The fraction of sp³-hybridized carbons (Fsp3) is 0.500. The Hall–Kier alpha value is -0.210. The van der Waals surface area contributed by atoms with Gasteiger partial charge in [-0.15, -0.1) is 11.3 Å². The fourth-order valence-corrected chi connectivity index (χ4v) is 2.15. The molecule has 3 heteroatoms. The molecule has 1 nitrogen and oxygen atoms in total. The van der Waals surface area contributed by atoms with Crippen molar-refractivity contribution in [3.8, 4) is 0 Å². The summed E-state index contributed by atoms with van der Waals surface area (Å²) in [7, 11) is 1.89.